The van der Waals surface area contributed by atoms with Crippen molar-refractivity contribution in [3.63, 3.8) is 0 Å². The molecule has 0 saturated carbocycles. The second-order valence-corrected chi connectivity index (χ2v) is 4.96. The van der Waals surface area contributed by atoms with Crippen LogP contribution in [0.3, 0.4) is 0 Å². The third-order valence-corrected chi connectivity index (χ3v) is 3.53. The third kappa shape index (κ3) is 2.90. The van der Waals surface area contributed by atoms with E-state index in [0.29, 0.717) is 0 Å². The Bertz CT molecular complexity index is 685. The molecule has 0 unspecified atom stereocenters. The number of ketones is 2. The monoisotopic (exact) mass is 274 g/mol. The van der Waals surface area contributed by atoms with E-state index >= 15 is 0 Å². The molecule has 0 aromatic heterocycles. The lowest BCUT2D eigenvalue weighted by Gasteiger charge is -1.98. The predicted octanol–water partition coefficient (Wildman–Crippen LogP) is 3.51. The summed E-state index contributed by atoms with van der Waals surface area (Å²) in [6, 6.07) is 17.3. The maximum atomic E-state index is 10.3. The zero-order valence-electron chi connectivity index (χ0n) is 11.5. The van der Waals surface area contributed by atoms with E-state index in [2.05, 4.69) is 48.5 Å². The first-order chi connectivity index (χ1) is 10.2. The molecular formula is C19H14O2. The highest BCUT2D eigenvalue weighted by Crippen LogP contribution is 2.35. The zero-order valence-corrected chi connectivity index (χ0v) is 11.5. The van der Waals surface area contributed by atoms with Crippen molar-refractivity contribution in [1.29, 1.82) is 0 Å². The Morgan fingerprint density at radius 1 is 0.571 bits per heavy atom. The minimum atomic E-state index is -0.121. The number of carbonyl (C=O) groups is 2. The SMILES string of the molecule is O=C1C=CC(=O)C=C1.c1ccc2c(c1)Cc1ccccc1-2. The van der Waals surface area contributed by atoms with Crippen molar-refractivity contribution in [2.45, 2.75) is 6.42 Å². The van der Waals surface area contributed by atoms with E-state index in [9.17, 15) is 9.59 Å². The minimum Gasteiger partial charge on any atom is -0.290 e. The van der Waals surface area contributed by atoms with Crippen LogP contribution in [-0.4, -0.2) is 11.6 Å². The highest BCUT2D eigenvalue weighted by atomic mass is 16.1. The normalized spacial score (nSPS) is 14.3. The first-order valence-corrected chi connectivity index (χ1v) is 6.84. The Labute approximate surface area is 123 Å². The van der Waals surface area contributed by atoms with Crippen molar-refractivity contribution in [1.82, 2.24) is 0 Å². The molecule has 0 atom stereocenters. The van der Waals surface area contributed by atoms with Gasteiger partial charge in [-0.15, -0.1) is 0 Å². The fourth-order valence-electron chi connectivity index (χ4n) is 2.52. The molecule has 0 spiro atoms. The molecule has 0 radical (unpaired) electrons. The van der Waals surface area contributed by atoms with E-state index in [-0.39, 0.29) is 11.6 Å². The van der Waals surface area contributed by atoms with Crippen LogP contribution in [0.1, 0.15) is 11.1 Å². The van der Waals surface area contributed by atoms with Crippen LogP contribution in [0.25, 0.3) is 11.1 Å². The second-order valence-electron chi connectivity index (χ2n) is 4.96. The summed E-state index contributed by atoms with van der Waals surface area (Å²) in [5.41, 5.74) is 5.75. The molecule has 0 heterocycles. The number of benzene rings is 2. The lowest BCUT2D eigenvalue weighted by atomic mass is 10.1. The van der Waals surface area contributed by atoms with Crippen LogP contribution in [0.5, 0.6) is 0 Å². The summed E-state index contributed by atoms with van der Waals surface area (Å²) >= 11 is 0. The number of carbonyl (C=O) groups excluding carboxylic acids is 2. The highest BCUT2D eigenvalue weighted by Gasteiger charge is 2.15. The van der Waals surface area contributed by atoms with Crippen LogP contribution in [-0.2, 0) is 16.0 Å². The average molecular weight is 274 g/mol. The molecule has 4 rings (SSSR count). The molecule has 0 fully saturated rings. The van der Waals surface area contributed by atoms with Crippen LogP contribution in [0, 0.1) is 0 Å². The van der Waals surface area contributed by atoms with Crippen molar-refractivity contribution in [2.75, 3.05) is 0 Å². The Kier molecular flexibility index (Phi) is 3.61. The largest absolute Gasteiger partial charge is 0.290 e. The van der Waals surface area contributed by atoms with Gasteiger partial charge in [0.2, 0.25) is 0 Å². The van der Waals surface area contributed by atoms with Crippen molar-refractivity contribution < 1.29 is 9.59 Å². The lowest BCUT2D eigenvalue weighted by molar-refractivity contribution is -0.113. The van der Waals surface area contributed by atoms with Gasteiger partial charge in [-0.1, -0.05) is 48.5 Å². The number of hydrogen-bond donors (Lipinski definition) is 0. The highest BCUT2D eigenvalue weighted by molar-refractivity contribution is 6.14. The number of fused-ring (bicyclic) bond motifs is 3. The summed E-state index contributed by atoms with van der Waals surface area (Å²) in [5.74, 6) is -0.241. The quantitative estimate of drug-likeness (QED) is 0.588. The molecule has 0 saturated heterocycles. The van der Waals surface area contributed by atoms with Crippen molar-refractivity contribution >= 4 is 11.6 Å². The first kappa shape index (κ1) is 13.3. The van der Waals surface area contributed by atoms with E-state index in [1.54, 1.807) is 0 Å². The average Bonchev–Trinajstić information content (AvgIpc) is 2.90. The fraction of sp³-hybridized carbons (Fsp3) is 0.0526. The van der Waals surface area contributed by atoms with E-state index in [1.807, 2.05) is 0 Å². The number of allylic oxidation sites excluding steroid dienone is 4. The number of hydrogen-bond acceptors (Lipinski definition) is 2. The molecule has 0 aliphatic heterocycles. The first-order valence-electron chi connectivity index (χ1n) is 6.84. The maximum absolute atomic E-state index is 10.3. The van der Waals surface area contributed by atoms with Gasteiger partial charge in [0.05, 0.1) is 0 Å². The summed E-state index contributed by atoms with van der Waals surface area (Å²) in [6.45, 7) is 0. The molecule has 2 aromatic rings. The van der Waals surface area contributed by atoms with Crippen LogP contribution in [0.15, 0.2) is 72.8 Å². The molecule has 0 bridgehead atoms. The van der Waals surface area contributed by atoms with Crippen molar-refractivity contribution in [2.24, 2.45) is 0 Å². The molecule has 2 nitrogen and oxygen atoms in total. The Balaban J connectivity index is 0.000000143. The Morgan fingerprint density at radius 2 is 0.952 bits per heavy atom. The lowest BCUT2D eigenvalue weighted by Crippen LogP contribution is -1.97. The molecule has 2 heteroatoms. The molecular weight excluding hydrogens is 260 g/mol. The number of rotatable bonds is 0. The van der Waals surface area contributed by atoms with Crippen LogP contribution in [0.2, 0.25) is 0 Å². The summed E-state index contributed by atoms with van der Waals surface area (Å²) in [7, 11) is 0. The van der Waals surface area contributed by atoms with Crippen molar-refractivity contribution in [3.05, 3.63) is 84.0 Å². The van der Waals surface area contributed by atoms with E-state index in [0.717, 1.165) is 6.42 Å². The topological polar surface area (TPSA) is 34.1 Å². The Hall–Kier alpha value is -2.74. The molecule has 0 N–H and O–H groups in total. The molecule has 102 valence electrons. The van der Waals surface area contributed by atoms with Gasteiger partial charge in [-0.05, 0) is 53.0 Å². The van der Waals surface area contributed by atoms with Crippen LogP contribution < -0.4 is 0 Å². The second kappa shape index (κ2) is 5.71. The maximum Gasteiger partial charge on any atom is 0.178 e. The summed E-state index contributed by atoms with van der Waals surface area (Å²) < 4.78 is 0. The van der Waals surface area contributed by atoms with E-state index in [1.165, 1.54) is 46.6 Å². The zero-order chi connectivity index (χ0) is 14.7. The molecule has 0 amide bonds. The summed E-state index contributed by atoms with van der Waals surface area (Å²) in [6.07, 6.45) is 6.11. The van der Waals surface area contributed by atoms with Gasteiger partial charge in [-0.2, -0.15) is 0 Å². The van der Waals surface area contributed by atoms with Crippen LogP contribution in [0.4, 0.5) is 0 Å². The predicted molar refractivity (Wildman–Crippen MR) is 83.0 cm³/mol. The van der Waals surface area contributed by atoms with Gasteiger partial charge in [-0.25, -0.2) is 0 Å². The molecule has 2 aliphatic carbocycles. The van der Waals surface area contributed by atoms with Gasteiger partial charge < -0.3 is 0 Å². The van der Waals surface area contributed by atoms with Crippen LogP contribution >= 0.6 is 0 Å². The molecule has 21 heavy (non-hydrogen) atoms. The summed E-state index contributed by atoms with van der Waals surface area (Å²) in [4.78, 5) is 20.6. The van der Waals surface area contributed by atoms with Gasteiger partial charge in [-0.3, -0.25) is 9.59 Å². The van der Waals surface area contributed by atoms with E-state index in [4.69, 9.17) is 0 Å². The van der Waals surface area contributed by atoms with Gasteiger partial charge in [0.15, 0.2) is 11.6 Å². The van der Waals surface area contributed by atoms with Gasteiger partial charge in [0.1, 0.15) is 0 Å². The standard InChI is InChI=1S/C13H10.C6H4O2/c1-3-7-12-10(5-1)9-11-6-2-4-8-13(11)12;7-5-1-2-6(8)4-3-5/h1-8H,9H2;1-4H. The fourth-order valence-corrected chi connectivity index (χ4v) is 2.52. The smallest absolute Gasteiger partial charge is 0.178 e. The van der Waals surface area contributed by atoms with E-state index < -0.39 is 0 Å². The summed E-state index contributed by atoms with van der Waals surface area (Å²) in [5, 5.41) is 0. The molecule has 2 aromatic carbocycles. The van der Waals surface area contributed by atoms with Gasteiger partial charge >= 0.3 is 0 Å². The van der Waals surface area contributed by atoms with Gasteiger partial charge in [0.25, 0.3) is 0 Å². The third-order valence-electron chi connectivity index (χ3n) is 3.53. The minimum absolute atomic E-state index is 0.121. The molecule has 2 aliphatic rings. The van der Waals surface area contributed by atoms with Crippen molar-refractivity contribution in [3.8, 4) is 11.1 Å². The van der Waals surface area contributed by atoms with Gasteiger partial charge in [0, 0.05) is 0 Å². The Morgan fingerprint density at radius 3 is 1.38 bits per heavy atom.